The third-order valence-corrected chi connectivity index (χ3v) is 6.07. The van der Waals surface area contributed by atoms with Crippen molar-refractivity contribution in [3.05, 3.63) is 100 Å². The van der Waals surface area contributed by atoms with E-state index in [0.717, 1.165) is 4.90 Å². The predicted molar refractivity (Wildman–Crippen MR) is 122 cm³/mol. The quantitative estimate of drug-likeness (QED) is 0.299. The minimum Gasteiger partial charge on any atom is -0.461 e. The van der Waals surface area contributed by atoms with Crippen molar-refractivity contribution in [2.75, 3.05) is 0 Å². The van der Waals surface area contributed by atoms with Crippen molar-refractivity contribution in [1.82, 2.24) is 15.4 Å². The number of fused-ring (bicyclic) bond motifs is 1. The van der Waals surface area contributed by atoms with E-state index in [2.05, 4.69) is 10.5 Å². The van der Waals surface area contributed by atoms with Crippen LogP contribution in [0.25, 0.3) is 11.5 Å². The lowest BCUT2D eigenvalue weighted by molar-refractivity contribution is -0.143. The zero-order chi connectivity index (χ0) is 27.9. The van der Waals surface area contributed by atoms with E-state index in [1.165, 1.54) is 30.5 Å². The molecule has 1 unspecified atom stereocenters. The number of carbonyl (C=O) groups is 2. The molecule has 0 saturated carbocycles. The fourth-order valence-electron chi connectivity index (χ4n) is 4.33. The predicted octanol–water partition coefficient (Wildman–Crippen LogP) is 5.99. The molecule has 0 fully saturated rings. The molecule has 39 heavy (non-hydrogen) atoms. The molecule has 5 rings (SSSR count). The van der Waals surface area contributed by atoms with Crippen LogP contribution >= 0.6 is 0 Å². The summed E-state index contributed by atoms with van der Waals surface area (Å²) in [5, 5.41) is 6.44. The maximum Gasteiger partial charge on any atom is 0.416 e. The molecule has 13 heteroatoms. The van der Waals surface area contributed by atoms with Gasteiger partial charge in [0.2, 0.25) is 11.7 Å². The van der Waals surface area contributed by atoms with Crippen molar-refractivity contribution >= 4 is 11.8 Å². The van der Waals surface area contributed by atoms with Crippen LogP contribution in [0.1, 0.15) is 44.3 Å². The number of hydrogen-bond acceptors (Lipinski definition) is 5. The van der Waals surface area contributed by atoms with Crippen LogP contribution in [-0.4, -0.2) is 21.9 Å². The molecule has 1 N–H and O–H groups in total. The molecule has 4 aromatic rings. The lowest BCUT2D eigenvalue weighted by Gasteiger charge is -2.25. The molecule has 0 spiro atoms. The largest absolute Gasteiger partial charge is 0.461 e. The molecule has 202 valence electrons. The van der Waals surface area contributed by atoms with Gasteiger partial charge < -0.3 is 19.2 Å². The number of furan rings is 1. The average molecular weight is 549 g/mol. The summed E-state index contributed by atoms with van der Waals surface area (Å²) in [5.74, 6) is -0.713. The van der Waals surface area contributed by atoms with Gasteiger partial charge in [0.1, 0.15) is 11.7 Å². The number of nitrogens with one attached hydrogen (secondary N) is 1. The number of amides is 2. The van der Waals surface area contributed by atoms with Crippen LogP contribution in [0.15, 0.2) is 75.9 Å². The summed E-state index contributed by atoms with van der Waals surface area (Å²) in [4.78, 5) is 27.4. The zero-order valence-corrected chi connectivity index (χ0v) is 19.6. The topological polar surface area (TPSA) is 88.6 Å². The van der Waals surface area contributed by atoms with Gasteiger partial charge >= 0.3 is 12.4 Å². The Hall–Kier alpha value is -4.55. The van der Waals surface area contributed by atoms with Crippen molar-refractivity contribution in [2.24, 2.45) is 0 Å². The Kier molecular flexibility index (Phi) is 6.44. The van der Waals surface area contributed by atoms with Crippen LogP contribution in [0.5, 0.6) is 0 Å². The number of halogens is 6. The lowest BCUT2D eigenvalue weighted by Crippen LogP contribution is -2.38. The molecule has 1 atom stereocenters. The Labute approximate surface area is 216 Å². The Bertz CT molecular complexity index is 1490. The molecule has 1 aliphatic heterocycles. The van der Waals surface area contributed by atoms with Gasteiger partial charge in [-0.1, -0.05) is 23.4 Å². The third kappa shape index (κ3) is 5.24. The molecule has 1 aliphatic rings. The minimum atomic E-state index is -5.06. The fraction of sp³-hybridized carbons (Fsp3) is 0.192. The Morgan fingerprint density at radius 3 is 2.26 bits per heavy atom. The van der Waals surface area contributed by atoms with E-state index in [4.69, 9.17) is 8.94 Å². The number of hydrogen-bond donors (Lipinski definition) is 1. The Balaban J connectivity index is 1.42. The summed E-state index contributed by atoms with van der Waals surface area (Å²) < 4.78 is 90.6. The van der Waals surface area contributed by atoms with Crippen molar-refractivity contribution in [2.45, 2.75) is 31.5 Å². The van der Waals surface area contributed by atoms with E-state index in [9.17, 15) is 35.9 Å². The van der Waals surface area contributed by atoms with Gasteiger partial charge in [0, 0.05) is 18.2 Å². The first kappa shape index (κ1) is 26.1. The van der Waals surface area contributed by atoms with Gasteiger partial charge in [-0.15, -0.1) is 0 Å². The third-order valence-electron chi connectivity index (χ3n) is 6.07. The fourth-order valence-corrected chi connectivity index (χ4v) is 4.33. The number of nitrogens with zero attached hydrogens (tertiary/aromatic N) is 2. The molecule has 0 aliphatic carbocycles. The number of benzene rings is 2. The first-order valence-corrected chi connectivity index (χ1v) is 11.4. The maximum absolute atomic E-state index is 13.4. The van der Waals surface area contributed by atoms with Crippen LogP contribution in [0, 0.1) is 0 Å². The smallest absolute Gasteiger partial charge is 0.416 e. The highest BCUT2D eigenvalue weighted by atomic mass is 19.4. The zero-order valence-electron chi connectivity index (χ0n) is 19.6. The van der Waals surface area contributed by atoms with E-state index in [1.807, 2.05) is 0 Å². The van der Waals surface area contributed by atoms with Gasteiger partial charge in [-0.25, -0.2) is 0 Å². The summed E-state index contributed by atoms with van der Waals surface area (Å²) in [6.45, 7) is -0.809. The lowest BCUT2D eigenvalue weighted by atomic mass is 10.0. The van der Waals surface area contributed by atoms with E-state index < -0.39 is 53.4 Å². The van der Waals surface area contributed by atoms with Crippen LogP contribution in [0.2, 0.25) is 0 Å². The van der Waals surface area contributed by atoms with Crippen LogP contribution in [0.4, 0.5) is 26.3 Å². The van der Waals surface area contributed by atoms with Crippen LogP contribution in [-0.2, 0) is 30.2 Å². The summed E-state index contributed by atoms with van der Waals surface area (Å²) in [6.07, 6.45) is -8.68. The minimum absolute atomic E-state index is 0.00311. The molecule has 2 amide bonds. The molecular formula is C26H17F6N3O4. The molecular weight excluding hydrogens is 532 g/mol. The van der Waals surface area contributed by atoms with Gasteiger partial charge in [-0.05, 0) is 47.5 Å². The van der Waals surface area contributed by atoms with Crippen molar-refractivity contribution in [3.8, 4) is 11.5 Å². The Morgan fingerprint density at radius 2 is 1.62 bits per heavy atom. The maximum atomic E-state index is 13.4. The summed E-state index contributed by atoms with van der Waals surface area (Å²) in [6, 6.07) is 10.6. The summed E-state index contributed by atoms with van der Waals surface area (Å²) in [7, 11) is 0. The molecule has 2 aromatic carbocycles. The monoisotopic (exact) mass is 549 g/mol. The summed E-state index contributed by atoms with van der Waals surface area (Å²) >= 11 is 0. The van der Waals surface area contributed by atoms with Crippen molar-refractivity contribution < 1.29 is 44.9 Å². The van der Waals surface area contributed by atoms with Crippen LogP contribution in [0.3, 0.4) is 0 Å². The second-order valence-corrected chi connectivity index (χ2v) is 8.71. The van der Waals surface area contributed by atoms with Gasteiger partial charge in [-0.2, -0.15) is 26.3 Å². The first-order chi connectivity index (χ1) is 18.4. The van der Waals surface area contributed by atoms with Gasteiger partial charge in [-0.3, -0.25) is 9.59 Å². The molecule has 0 saturated heterocycles. The standard InChI is InChI=1S/C26H17F6N3O4/c27-25(28,29)15-8-14(9-16(10-15)26(30,31)32)13-35-22(18-4-1-2-5-19(18)24(35)37)23(36)33-12-17-11-21(39-34-17)20-6-3-7-38-20/h1-11,22H,12-13H2,(H,33,36). The molecule has 0 radical (unpaired) electrons. The molecule has 7 nitrogen and oxygen atoms in total. The van der Waals surface area contributed by atoms with E-state index >= 15 is 0 Å². The first-order valence-electron chi connectivity index (χ1n) is 11.4. The Morgan fingerprint density at radius 1 is 0.923 bits per heavy atom. The highest BCUT2D eigenvalue weighted by Gasteiger charge is 2.42. The average Bonchev–Trinajstić information content (AvgIpc) is 3.62. The highest BCUT2D eigenvalue weighted by Crippen LogP contribution is 2.39. The van der Waals surface area contributed by atoms with Crippen LogP contribution < -0.4 is 5.32 Å². The normalized spacial score (nSPS) is 15.5. The second-order valence-electron chi connectivity index (χ2n) is 8.71. The van der Waals surface area contributed by atoms with E-state index in [1.54, 1.807) is 18.2 Å². The van der Waals surface area contributed by atoms with Crippen molar-refractivity contribution in [3.63, 3.8) is 0 Å². The van der Waals surface area contributed by atoms with E-state index in [-0.39, 0.29) is 23.7 Å². The number of aromatic nitrogens is 1. The highest BCUT2D eigenvalue weighted by molar-refractivity contribution is 6.04. The summed E-state index contributed by atoms with van der Waals surface area (Å²) in [5.41, 5.74) is -2.78. The molecule has 3 heterocycles. The van der Waals surface area contributed by atoms with Gasteiger partial charge in [0.25, 0.3) is 5.91 Å². The molecule has 0 bridgehead atoms. The number of carbonyl (C=O) groups excluding carboxylic acids is 2. The van der Waals surface area contributed by atoms with Gasteiger partial charge in [0.15, 0.2) is 5.76 Å². The number of alkyl halides is 6. The van der Waals surface area contributed by atoms with Gasteiger partial charge in [0.05, 0.1) is 23.9 Å². The van der Waals surface area contributed by atoms with E-state index in [0.29, 0.717) is 29.3 Å². The SMILES string of the molecule is O=C(NCc1cc(-c2ccco2)on1)C1c2ccccc2C(=O)N1Cc1cc(C(F)(F)F)cc(C(F)(F)F)c1. The number of rotatable bonds is 6. The second kappa shape index (κ2) is 9.64. The molecule has 2 aromatic heterocycles. The van der Waals surface area contributed by atoms with Crippen molar-refractivity contribution in [1.29, 1.82) is 0 Å².